The lowest BCUT2D eigenvalue weighted by molar-refractivity contribution is 0.0691. The lowest BCUT2D eigenvalue weighted by Crippen LogP contribution is -1.97. The van der Waals surface area contributed by atoms with Crippen molar-refractivity contribution in [2.75, 3.05) is 0 Å². The van der Waals surface area contributed by atoms with E-state index < -0.39 is 5.97 Å². The van der Waals surface area contributed by atoms with Crippen molar-refractivity contribution in [3.8, 4) is 0 Å². The summed E-state index contributed by atoms with van der Waals surface area (Å²) in [5, 5.41) is 22.6. The van der Waals surface area contributed by atoms with Gasteiger partial charge in [-0.3, -0.25) is 0 Å². The number of pyridine rings is 1. The molecule has 8 nitrogen and oxygen atoms in total. The fraction of sp³-hybridized carbons (Fsp3) is 0.182. The van der Waals surface area contributed by atoms with Gasteiger partial charge in [0.15, 0.2) is 11.5 Å². The van der Waals surface area contributed by atoms with Crippen LogP contribution in [-0.4, -0.2) is 41.1 Å². The number of nitrogens with one attached hydrogen (secondary N) is 1. The van der Waals surface area contributed by atoms with E-state index in [9.17, 15) is 4.79 Å². The maximum atomic E-state index is 10.9. The standard InChI is InChI=1S/C11H10N6O2/c18-11(19)8-6-17-5-1-2-7(10(17)12-8)3-4-9-13-15-16-14-9/h1-2,5-6H,3-4H2,(H,18,19)(H,13,14,15,16). The van der Waals surface area contributed by atoms with E-state index in [1.54, 1.807) is 10.6 Å². The van der Waals surface area contributed by atoms with Crippen LogP contribution in [0, 0.1) is 0 Å². The summed E-state index contributed by atoms with van der Waals surface area (Å²) in [5.74, 6) is -0.417. The van der Waals surface area contributed by atoms with Crippen molar-refractivity contribution in [1.82, 2.24) is 30.0 Å². The van der Waals surface area contributed by atoms with Gasteiger partial charge in [0.25, 0.3) is 0 Å². The van der Waals surface area contributed by atoms with Gasteiger partial charge < -0.3 is 9.51 Å². The van der Waals surface area contributed by atoms with Crippen molar-refractivity contribution in [3.63, 3.8) is 0 Å². The molecule has 3 aromatic heterocycles. The molecule has 2 N–H and O–H groups in total. The first kappa shape index (κ1) is 11.3. The van der Waals surface area contributed by atoms with Crippen LogP contribution in [0.1, 0.15) is 21.9 Å². The third-order valence-corrected chi connectivity index (χ3v) is 2.79. The summed E-state index contributed by atoms with van der Waals surface area (Å²) in [6.07, 6.45) is 4.55. The number of aromatic nitrogens is 6. The molecule has 0 aromatic carbocycles. The third kappa shape index (κ3) is 2.15. The van der Waals surface area contributed by atoms with E-state index in [-0.39, 0.29) is 5.69 Å². The average molecular weight is 258 g/mol. The molecule has 96 valence electrons. The average Bonchev–Trinajstić information content (AvgIpc) is 3.05. The molecule has 0 aliphatic carbocycles. The Morgan fingerprint density at radius 2 is 2.32 bits per heavy atom. The number of tetrazole rings is 1. The van der Waals surface area contributed by atoms with Crippen LogP contribution in [0.5, 0.6) is 0 Å². The SMILES string of the molecule is O=C(O)c1cn2cccc(CCc3nn[nH]n3)c2n1. The van der Waals surface area contributed by atoms with E-state index in [1.165, 1.54) is 6.20 Å². The maximum absolute atomic E-state index is 10.9. The van der Waals surface area contributed by atoms with Gasteiger partial charge in [-0.1, -0.05) is 11.3 Å². The molecule has 0 aliphatic heterocycles. The molecule has 0 bridgehead atoms. The number of hydrogen-bond donors (Lipinski definition) is 2. The minimum atomic E-state index is -1.03. The Balaban J connectivity index is 1.92. The fourth-order valence-electron chi connectivity index (χ4n) is 1.90. The Morgan fingerprint density at radius 1 is 1.42 bits per heavy atom. The molecule has 0 radical (unpaired) electrons. The molecule has 8 heteroatoms. The van der Waals surface area contributed by atoms with Gasteiger partial charge in [-0.2, -0.15) is 5.21 Å². The van der Waals surface area contributed by atoms with Crippen LogP contribution < -0.4 is 0 Å². The normalized spacial score (nSPS) is 10.9. The Morgan fingerprint density at radius 3 is 3.05 bits per heavy atom. The van der Waals surface area contributed by atoms with E-state index in [4.69, 9.17) is 5.11 Å². The summed E-state index contributed by atoms with van der Waals surface area (Å²) in [6.45, 7) is 0. The van der Waals surface area contributed by atoms with Crippen LogP contribution in [0.15, 0.2) is 24.5 Å². The van der Waals surface area contributed by atoms with Crippen LogP contribution in [0.25, 0.3) is 5.65 Å². The highest BCUT2D eigenvalue weighted by Gasteiger charge is 2.11. The molecule has 0 unspecified atom stereocenters. The largest absolute Gasteiger partial charge is 0.476 e. The van der Waals surface area contributed by atoms with Crippen molar-refractivity contribution >= 4 is 11.6 Å². The molecule has 3 heterocycles. The molecule has 0 saturated carbocycles. The molecular formula is C11H10N6O2. The van der Waals surface area contributed by atoms with E-state index in [1.807, 2.05) is 12.1 Å². The number of fused-ring (bicyclic) bond motifs is 1. The molecule has 19 heavy (non-hydrogen) atoms. The van der Waals surface area contributed by atoms with Gasteiger partial charge in [0, 0.05) is 18.8 Å². The predicted molar refractivity (Wildman–Crippen MR) is 63.7 cm³/mol. The first-order valence-electron chi connectivity index (χ1n) is 5.66. The molecule has 0 aliphatic rings. The Kier molecular flexibility index (Phi) is 2.67. The molecule has 0 amide bonds. The van der Waals surface area contributed by atoms with Gasteiger partial charge in [-0.15, -0.1) is 10.2 Å². The minimum Gasteiger partial charge on any atom is -0.476 e. The highest BCUT2D eigenvalue weighted by molar-refractivity contribution is 5.86. The zero-order valence-corrected chi connectivity index (χ0v) is 9.82. The lowest BCUT2D eigenvalue weighted by atomic mass is 10.1. The number of hydrogen-bond acceptors (Lipinski definition) is 5. The summed E-state index contributed by atoms with van der Waals surface area (Å²) in [6, 6.07) is 3.76. The number of rotatable bonds is 4. The van der Waals surface area contributed by atoms with Crippen LogP contribution >= 0.6 is 0 Å². The summed E-state index contributed by atoms with van der Waals surface area (Å²) in [7, 11) is 0. The summed E-state index contributed by atoms with van der Waals surface area (Å²) in [4.78, 5) is 15.0. The molecular weight excluding hydrogens is 248 g/mol. The number of H-pyrrole nitrogens is 1. The summed E-state index contributed by atoms with van der Waals surface area (Å²) >= 11 is 0. The Hall–Kier alpha value is -2.77. The molecule has 0 spiro atoms. The van der Waals surface area contributed by atoms with Crippen molar-refractivity contribution in [2.45, 2.75) is 12.8 Å². The maximum Gasteiger partial charge on any atom is 0.356 e. The Labute approximate surface area is 107 Å². The third-order valence-electron chi connectivity index (χ3n) is 2.79. The van der Waals surface area contributed by atoms with Gasteiger partial charge >= 0.3 is 5.97 Å². The van der Waals surface area contributed by atoms with Crippen LogP contribution in [0.3, 0.4) is 0 Å². The minimum absolute atomic E-state index is 0.0343. The van der Waals surface area contributed by atoms with Crippen LogP contribution in [0.4, 0.5) is 0 Å². The lowest BCUT2D eigenvalue weighted by Gasteiger charge is -2.01. The zero-order chi connectivity index (χ0) is 13.2. The van der Waals surface area contributed by atoms with Gasteiger partial charge in [0.2, 0.25) is 0 Å². The molecule has 0 saturated heterocycles. The van der Waals surface area contributed by atoms with Gasteiger partial charge in [-0.25, -0.2) is 9.78 Å². The van der Waals surface area contributed by atoms with Crippen molar-refractivity contribution in [2.24, 2.45) is 0 Å². The first-order valence-corrected chi connectivity index (χ1v) is 5.66. The van der Waals surface area contributed by atoms with E-state index in [0.29, 0.717) is 24.3 Å². The summed E-state index contributed by atoms with van der Waals surface area (Å²) < 4.78 is 1.70. The predicted octanol–water partition coefficient (Wildman–Crippen LogP) is 0.331. The highest BCUT2D eigenvalue weighted by Crippen LogP contribution is 2.13. The number of carbonyl (C=O) groups is 1. The van der Waals surface area contributed by atoms with E-state index in [0.717, 1.165) is 5.56 Å². The summed E-state index contributed by atoms with van der Waals surface area (Å²) in [5.41, 5.74) is 1.62. The molecule has 0 fully saturated rings. The fourth-order valence-corrected chi connectivity index (χ4v) is 1.90. The van der Waals surface area contributed by atoms with Gasteiger partial charge in [0.1, 0.15) is 5.65 Å². The van der Waals surface area contributed by atoms with Crippen LogP contribution in [0.2, 0.25) is 0 Å². The van der Waals surface area contributed by atoms with Crippen molar-refractivity contribution in [3.05, 3.63) is 41.6 Å². The van der Waals surface area contributed by atoms with E-state index in [2.05, 4.69) is 25.6 Å². The number of imidazole rings is 1. The first-order chi connectivity index (χ1) is 9.24. The van der Waals surface area contributed by atoms with Gasteiger partial charge in [-0.05, 0) is 18.1 Å². The van der Waals surface area contributed by atoms with E-state index >= 15 is 0 Å². The van der Waals surface area contributed by atoms with Gasteiger partial charge in [0.05, 0.1) is 0 Å². The quantitative estimate of drug-likeness (QED) is 0.698. The molecule has 3 aromatic rings. The Bertz CT molecular complexity index is 718. The smallest absolute Gasteiger partial charge is 0.356 e. The molecule has 3 rings (SSSR count). The number of carboxylic acid groups (broad SMARTS) is 1. The topological polar surface area (TPSA) is 109 Å². The number of aromatic amines is 1. The van der Waals surface area contributed by atoms with Crippen molar-refractivity contribution in [1.29, 1.82) is 0 Å². The number of aromatic carboxylic acids is 1. The monoisotopic (exact) mass is 258 g/mol. The highest BCUT2D eigenvalue weighted by atomic mass is 16.4. The van der Waals surface area contributed by atoms with Crippen molar-refractivity contribution < 1.29 is 9.90 Å². The second-order valence-electron chi connectivity index (χ2n) is 4.02. The van der Waals surface area contributed by atoms with Crippen LogP contribution in [-0.2, 0) is 12.8 Å². The zero-order valence-electron chi connectivity index (χ0n) is 9.82. The number of nitrogens with zero attached hydrogens (tertiary/aromatic N) is 5. The second-order valence-corrected chi connectivity index (χ2v) is 4.02. The second kappa shape index (κ2) is 4.48. The molecule has 0 atom stereocenters. The number of carboxylic acids is 1. The number of aryl methyl sites for hydroxylation is 2.